The number of unbranched alkanes of at least 4 members (excludes halogenated alkanes) is 3. The molecule has 3 heterocycles. The Bertz CT molecular complexity index is 1540. The molecule has 12 nitrogen and oxygen atoms in total. The number of phenolic OH excluding ortho intramolecular Hbond substituents is 1. The van der Waals surface area contributed by atoms with Gasteiger partial charge in [0.25, 0.3) is 0 Å². The second-order valence-corrected chi connectivity index (χ2v) is 13.3. The van der Waals surface area contributed by atoms with Crippen molar-refractivity contribution in [1.82, 2.24) is 5.32 Å². The first kappa shape index (κ1) is 36.3. The molecule has 1 fully saturated rings. The quantitative estimate of drug-likeness (QED) is 0.127. The number of carboxylic acids is 1. The minimum absolute atomic E-state index is 0.0216. The molecule has 0 spiro atoms. The van der Waals surface area contributed by atoms with Crippen molar-refractivity contribution in [3.8, 4) is 17.2 Å². The minimum Gasteiger partial charge on any atom is -0.508 e. The Morgan fingerprint density at radius 1 is 1.12 bits per heavy atom. The van der Waals surface area contributed by atoms with Crippen LogP contribution in [0, 0.1) is 11.8 Å². The topological polar surface area (TPSA) is 191 Å². The number of hydrogen-bond donors (Lipinski definition) is 7. The summed E-state index contributed by atoms with van der Waals surface area (Å²) >= 11 is 0. The van der Waals surface area contributed by atoms with Crippen molar-refractivity contribution in [2.24, 2.45) is 16.8 Å². The van der Waals surface area contributed by atoms with Crippen LogP contribution in [0.1, 0.15) is 63.5 Å². The molecule has 7 atom stereocenters. The normalized spacial score (nSPS) is 26.1. The average Bonchev–Trinajstić information content (AvgIpc) is 3.60. The van der Waals surface area contributed by atoms with Crippen LogP contribution in [-0.4, -0.2) is 99.3 Å². The monoisotopic (exact) mass is 680 g/mol. The highest BCUT2D eigenvalue weighted by atomic mass is 16.7. The second-order valence-electron chi connectivity index (χ2n) is 13.3. The maximum atomic E-state index is 12.0. The van der Waals surface area contributed by atoms with Gasteiger partial charge in [-0.15, -0.1) is 0 Å². The van der Waals surface area contributed by atoms with Gasteiger partial charge in [0.1, 0.15) is 41.8 Å². The molecule has 2 aromatic rings. The third-order valence-electron chi connectivity index (χ3n) is 9.74. The number of rotatable bonds is 16. The number of aliphatic imine (C=N–C) groups is 1. The molecule has 0 aromatic heterocycles. The summed E-state index contributed by atoms with van der Waals surface area (Å²) < 4.78 is 17.5. The Kier molecular flexibility index (Phi) is 12.0. The molecule has 0 saturated carbocycles. The molecule has 0 radical (unpaired) electrons. The molecule has 266 valence electrons. The van der Waals surface area contributed by atoms with Crippen LogP contribution in [0.2, 0.25) is 0 Å². The summed E-state index contributed by atoms with van der Waals surface area (Å²) in [6, 6.07) is 10.9. The SMILES string of the molecule is CCCCCCC(C)C(CNCC1(O)C(Oc2ccc3c(c2)OCC(c2ccc(O)cc2)=C3O)OC(C(=O)O)C(O)C1O)CC1=CCN=C1. The number of ether oxygens (including phenoxy) is 3. The fourth-order valence-electron chi connectivity index (χ4n) is 6.62. The number of carboxylic acid groups (broad SMARTS) is 1. The van der Waals surface area contributed by atoms with Gasteiger partial charge in [-0.3, -0.25) is 4.99 Å². The Morgan fingerprint density at radius 3 is 2.59 bits per heavy atom. The highest BCUT2D eigenvalue weighted by molar-refractivity contribution is 5.91. The second kappa shape index (κ2) is 16.2. The lowest BCUT2D eigenvalue weighted by Gasteiger charge is -2.47. The number of nitrogens with zero attached hydrogens (tertiary/aromatic N) is 1. The molecule has 3 aliphatic rings. The predicted molar refractivity (Wildman–Crippen MR) is 184 cm³/mol. The van der Waals surface area contributed by atoms with E-state index in [2.05, 4.69) is 30.2 Å². The zero-order valence-corrected chi connectivity index (χ0v) is 28.0. The summed E-state index contributed by atoms with van der Waals surface area (Å²) in [6.45, 7) is 5.28. The van der Waals surface area contributed by atoms with Gasteiger partial charge in [-0.1, -0.05) is 64.2 Å². The first-order valence-electron chi connectivity index (χ1n) is 17.0. The predicted octanol–water partition coefficient (Wildman–Crippen LogP) is 4.07. The molecule has 49 heavy (non-hydrogen) atoms. The fourth-order valence-corrected chi connectivity index (χ4v) is 6.62. The van der Waals surface area contributed by atoms with Crippen LogP contribution >= 0.6 is 0 Å². The molecule has 3 aliphatic heterocycles. The summed E-state index contributed by atoms with van der Waals surface area (Å²) in [5.41, 5.74) is 0.462. The van der Waals surface area contributed by atoms with Crippen LogP contribution in [0.25, 0.3) is 11.3 Å². The van der Waals surface area contributed by atoms with E-state index in [1.54, 1.807) is 18.2 Å². The molecule has 7 unspecified atom stereocenters. The largest absolute Gasteiger partial charge is 0.508 e. The van der Waals surface area contributed by atoms with E-state index in [1.165, 1.54) is 37.1 Å². The van der Waals surface area contributed by atoms with Crippen molar-refractivity contribution < 1.29 is 49.6 Å². The first-order valence-corrected chi connectivity index (χ1v) is 17.0. The molecule has 0 aliphatic carbocycles. The number of phenols is 1. The molecule has 7 N–H and O–H groups in total. The van der Waals surface area contributed by atoms with Crippen LogP contribution < -0.4 is 14.8 Å². The van der Waals surface area contributed by atoms with Crippen molar-refractivity contribution >= 4 is 23.5 Å². The van der Waals surface area contributed by atoms with Gasteiger partial charge in [0.2, 0.25) is 6.29 Å². The first-order chi connectivity index (χ1) is 23.5. The Balaban J connectivity index is 1.33. The van der Waals surface area contributed by atoms with Gasteiger partial charge in [0.05, 0.1) is 12.1 Å². The van der Waals surface area contributed by atoms with E-state index in [9.17, 15) is 35.4 Å². The summed E-state index contributed by atoms with van der Waals surface area (Å²) in [5.74, 6) is -0.535. The fraction of sp³-hybridized carbons (Fsp3) is 0.514. The number of aromatic hydroxyl groups is 1. The number of hydrogen-bond acceptors (Lipinski definition) is 11. The highest BCUT2D eigenvalue weighted by Gasteiger charge is 2.58. The number of carbonyl (C=O) groups is 1. The van der Waals surface area contributed by atoms with Gasteiger partial charge >= 0.3 is 5.97 Å². The van der Waals surface area contributed by atoms with E-state index in [0.29, 0.717) is 35.7 Å². The summed E-state index contributed by atoms with van der Waals surface area (Å²) in [6.07, 6.45) is 3.03. The van der Waals surface area contributed by atoms with Crippen LogP contribution in [0.3, 0.4) is 0 Å². The highest BCUT2D eigenvalue weighted by Crippen LogP contribution is 2.40. The maximum Gasteiger partial charge on any atom is 0.335 e. The Labute approximate surface area is 286 Å². The van der Waals surface area contributed by atoms with Crippen molar-refractivity contribution in [3.05, 3.63) is 65.2 Å². The molecular weight excluding hydrogens is 632 g/mol. The third-order valence-corrected chi connectivity index (χ3v) is 9.74. The van der Waals surface area contributed by atoms with E-state index in [0.717, 1.165) is 31.3 Å². The number of nitrogens with one attached hydrogen (secondary N) is 1. The zero-order chi connectivity index (χ0) is 35.1. The smallest absolute Gasteiger partial charge is 0.335 e. The lowest BCUT2D eigenvalue weighted by Crippen LogP contribution is -2.71. The number of aliphatic hydroxyl groups excluding tert-OH is 3. The number of benzene rings is 2. The summed E-state index contributed by atoms with van der Waals surface area (Å²) in [5, 5.41) is 67.4. The van der Waals surface area contributed by atoms with Gasteiger partial charge in [-0.05, 0) is 60.2 Å². The summed E-state index contributed by atoms with van der Waals surface area (Å²) in [4.78, 5) is 16.3. The van der Waals surface area contributed by atoms with Crippen molar-refractivity contribution in [2.75, 3.05) is 26.2 Å². The zero-order valence-electron chi connectivity index (χ0n) is 28.0. The van der Waals surface area contributed by atoms with Crippen LogP contribution in [0.4, 0.5) is 0 Å². The maximum absolute atomic E-state index is 12.0. The number of fused-ring (bicyclic) bond motifs is 1. The summed E-state index contributed by atoms with van der Waals surface area (Å²) in [7, 11) is 0. The molecule has 5 rings (SSSR count). The molecule has 12 heteroatoms. The van der Waals surface area contributed by atoms with E-state index in [-0.39, 0.29) is 42.1 Å². The Morgan fingerprint density at radius 2 is 1.90 bits per heavy atom. The average molecular weight is 681 g/mol. The van der Waals surface area contributed by atoms with E-state index in [1.807, 2.05) is 6.21 Å². The van der Waals surface area contributed by atoms with Crippen LogP contribution in [-0.2, 0) is 9.53 Å². The minimum atomic E-state index is -2.25. The van der Waals surface area contributed by atoms with Crippen molar-refractivity contribution in [1.29, 1.82) is 0 Å². The van der Waals surface area contributed by atoms with Crippen LogP contribution in [0.15, 0.2) is 59.1 Å². The van der Waals surface area contributed by atoms with E-state index >= 15 is 0 Å². The molecule has 0 bridgehead atoms. The molecule has 0 amide bonds. The molecule has 1 saturated heterocycles. The lowest BCUT2D eigenvalue weighted by molar-refractivity contribution is -0.311. The van der Waals surface area contributed by atoms with E-state index in [4.69, 9.17) is 14.2 Å². The van der Waals surface area contributed by atoms with Gasteiger partial charge in [0, 0.05) is 24.4 Å². The van der Waals surface area contributed by atoms with Gasteiger partial charge in [-0.2, -0.15) is 0 Å². The molecular formula is C37H48N2O10. The van der Waals surface area contributed by atoms with Gasteiger partial charge in [0.15, 0.2) is 11.7 Å². The molecule has 2 aromatic carbocycles. The van der Waals surface area contributed by atoms with Crippen LogP contribution in [0.5, 0.6) is 17.2 Å². The standard InChI is InChI=1S/C37H48N2O10/c1-3-4-5-6-7-22(2)25(16-23-14-15-38-18-23)19-39-21-37(46)34(43)32(42)33(35(44)45)49-36(37)48-27-12-13-28-30(17-27)47-20-29(31(28)41)24-8-10-26(40)11-9-24/h8-14,17-18,22,25,32-34,36,39-43,46H,3-7,15-16,19-21H2,1-2H3,(H,44,45). The number of aliphatic hydroxyl groups is 4. The third kappa shape index (κ3) is 8.45. The Hall–Kier alpha value is -3.94. The van der Waals surface area contributed by atoms with E-state index < -0.39 is 36.2 Å². The van der Waals surface area contributed by atoms with Crippen molar-refractivity contribution in [2.45, 2.75) is 82.6 Å². The number of allylic oxidation sites excluding steroid dienone is 1. The van der Waals surface area contributed by atoms with Crippen molar-refractivity contribution in [3.63, 3.8) is 0 Å². The number of aliphatic carboxylic acids is 1. The van der Waals surface area contributed by atoms with Gasteiger partial charge < -0.3 is 50.2 Å². The lowest BCUT2D eigenvalue weighted by atomic mass is 9.83. The van der Waals surface area contributed by atoms with Gasteiger partial charge in [-0.25, -0.2) is 4.79 Å².